The molecule has 1 saturated heterocycles. The van der Waals surface area contributed by atoms with Gasteiger partial charge in [-0.05, 0) is 38.0 Å². The molecule has 166 valence electrons. The Bertz CT molecular complexity index is 752. The lowest BCUT2D eigenvalue weighted by Crippen LogP contribution is -2.44. The number of morpholine rings is 1. The second-order valence-corrected chi connectivity index (χ2v) is 8.65. The summed E-state index contributed by atoms with van der Waals surface area (Å²) in [5.41, 5.74) is 0.883. The van der Waals surface area contributed by atoms with Gasteiger partial charge in [-0.25, -0.2) is 0 Å². The number of carboxylic acids is 1. The normalized spacial score (nSPS) is 32.0. The second-order valence-electron chi connectivity index (χ2n) is 8.65. The molecule has 3 aliphatic rings. The summed E-state index contributed by atoms with van der Waals surface area (Å²) in [5, 5.41) is 9.14. The molecule has 1 aromatic rings. The van der Waals surface area contributed by atoms with Gasteiger partial charge in [0.25, 0.3) is 0 Å². The van der Waals surface area contributed by atoms with Gasteiger partial charge in [-0.3, -0.25) is 9.78 Å². The van der Waals surface area contributed by atoms with Crippen LogP contribution in [0.25, 0.3) is 0 Å². The molecule has 1 aromatic heterocycles. The van der Waals surface area contributed by atoms with Gasteiger partial charge < -0.3 is 19.5 Å². The van der Waals surface area contributed by atoms with Crippen molar-refractivity contribution >= 4 is 11.7 Å². The average molecular weight is 428 g/mol. The largest absolute Gasteiger partial charge is 0.492 e. The molecule has 9 heteroatoms. The molecule has 0 aromatic carbocycles. The van der Waals surface area contributed by atoms with E-state index in [-0.39, 0.29) is 36.7 Å². The fourth-order valence-corrected chi connectivity index (χ4v) is 4.61. The van der Waals surface area contributed by atoms with Crippen molar-refractivity contribution in [3.63, 3.8) is 0 Å². The quantitative estimate of drug-likeness (QED) is 0.744. The highest BCUT2D eigenvalue weighted by Crippen LogP contribution is 2.44. The molecule has 0 bridgehead atoms. The molecule has 3 atom stereocenters. The summed E-state index contributed by atoms with van der Waals surface area (Å²) in [7, 11) is 0. The van der Waals surface area contributed by atoms with Gasteiger partial charge in [0.05, 0.1) is 49.2 Å². The highest BCUT2D eigenvalue weighted by atomic mass is 19.4. The van der Waals surface area contributed by atoms with Crippen molar-refractivity contribution in [2.75, 3.05) is 31.2 Å². The maximum Gasteiger partial charge on any atom is 0.391 e. The smallest absolute Gasteiger partial charge is 0.391 e. The molecule has 6 nitrogen and oxygen atoms in total. The standard InChI is InChI=1S/C21H27F3N2O4/c22-21(23,24)14-3-1-13(2-4-14)12-30-16-7-15(9-25-10-16)26-5-6-29-19(11-26)17-8-18(17)20(27)28/h7,9-10,13-14,17-19H,1-6,8,11-12H2,(H,27,28)/t13-,14-,17?,18?,19?. The third-order valence-electron chi connectivity index (χ3n) is 6.59. The van der Waals surface area contributed by atoms with E-state index in [1.807, 2.05) is 6.07 Å². The van der Waals surface area contributed by atoms with Crippen molar-refractivity contribution < 1.29 is 32.5 Å². The minimum atomic E-state index is -4.09. The Balaban J connectivity index is 1.28. The number of hydrogen-bond acceptors (Lipinski definition) is 5. The molecule has 0 radical (unpaired) electrons. The Hall–Kier alpha value is -2.03. The van der Waals surface area contributed by atoms with E-state index < -0.39 is 18.1 Å². The number of pyridine rings is 1. The van der Waals surface area contributed by atoms with E-state index in [1.165, 1.54) is 0 Å². The van der Waals surface area contributed by atoms with Crippen LogP contribution in [0.3, 0.4) is 0 Å². The highest BCUT2D eigenvalue weighted by Gasteiger charge is 2.49. The van der Waals surface area contributed by atoms with Crippen molar-refractivity contribution in [1.82, 2.24) is 4.98 Å². The summed E-state index contributed by atoms with van der Waals surface area (Å²) in [6, 6.07) is 1.89. The number of hydrogen-bond donors (Lipinski definition) is 1. The zero-order chi connectivity index (χ0) is 21.3. The molecule has 0 amide bonds. The van der Waals surface area contributed by atoms with E-state index in [1.54, 1.807) is 12.4 Å². The van der Waals surface area contributed by atoms with Crippen molar-refractivity contribution in [2.24, 2.45) is 23.7 Å². The third-order valence-corrected chi connectivity index (χ3v) is 6.59. The van der Waals surface area contributed by atoms with Gasteiger partial charge in [-0.2, -0.15) is 13.2 Å². The molecule has 1 aliphatic heterocycles. The predicted molar refractivity (Wildman–Crippen MR) is 102 cm³/mol. The lowest BCUT2D eigenvalue weighted by atomic mass is 9.82. The summed E-state index contributed by atoms with van der Waals surface area (Å²) < 4.78 is 50.0. The molecule has 3 fully saturated rings. The van der Waals surface area contributed by atoms with Crippen molar-refractivity contribution in [1.29, 1.82) is 0 Å². The number of carbonyl (C=O) groups is 1. The molecular formula is C21H27F3N2O4. The predicted octanol–water partition coefficient (Wildman–Crippen LogP) is 3.76. The number of alkyl halides is 3. The number of rotatable bonds is 6. The van der Waals surface area contributed by atoms with Crippen LogP contribution in [0.5, 0.6) is 5.75 Å². The summed E-state index contributed by atoms with van der Waals surface area (Å²) >= 11 is 0. The first-order chi connectivity index (χ1) is 14.3. The van der Waals surface area contributed by atoms with E-state index in [2.05, 4.69) is 9.88 Å². The van der Waals surface area contributed by atoms with Crippen molar-refractivity contribution in [3.05, 3.63) is 18.5 Å². The molecule has 1 N–H and O–H groups in total. The van der Waals surface area contributed by atoms with Gasteiger partial charge in [0.15, 0.2) is 0 Å². The van der Waals surface area contributed by atoms with Crippen molar-refractivity contribution in [2.45, 2.75) is 44.4 Å². The van der Waals surface area contributed by atoms with Crippen LogP contribution in [0.15, 0.2) is 18.5 Å². The first kappa shape index (κ1) is 21.2. The summed E-state index contributed by atoms with van der Waals surface area (Å²) in [5.74, 6) is -1.46. The first-order valence-corrected chi connectivity index (χ1v) is 10.5. The summed E-state index contributed by atoms with van der Waals surface area (Å²) in [4.78, 5) is 17.5. The van der Waals surface area contributed by atoms with E-state index in [4.69, 9.17) is 14.6 Å². The molecule has 2 saturated carbocycles. The Morgan fingerprint density at radius 3 is 2.70 bits per heavy atom. The lowest BCUT2D eigenvalue weighted by Gasteiger charge is -2.34. The van der Waals surface area contributed by atoms with Gasteiger partial charge in [0, 0.05) is 25.1 Å². The van der Waals surface area contributed by atoms with E-state index in [0.717, 1.165) is 5.69 Å². The molecular weight excluding hydrogens is 401 g/mol. The molecule has 2 aliphatic carbocycles. The fourth-order valence-electron chi connectivity index (χ4n) is 4.61. The van der Waals surface area contributed by atoms with Gasteiger partial charge >= 0.3 is 12.1 Å². The third kappa shape index (κ3) is 4.99. The number of aromatic nitrogens is 1. The zero-order valence-electron chi connectivity index (χ0n) is 16.7. The number of halogens is 3. The van der Waals surface area contributed by atoms with Crippen LogP contribution in [-0.2, 0) is 9.53 Å². The lowest BCUT2D eigenvalue weighted by molar-refractivity contribution is -0.184. The van der Waals surface area contributed by atoms with E-state index in [9.17, 15) is 18.0 Å². The van der Waals surface area contributed by atoms with Crippen LogP contribution in [0, 0.1) is 23.7 Å². The molecule has 3 unspecified atom stereocenters. The van der Waals surface area contributed by atoms with Gasteiger partial charge in [0.1, 0.15) is 5.75 Å². The van der Waals surface area contributed by atoms with Crippen LogP contribution in [0.1, 0.15) is 32.1 Å². The minimum absolute atomic E-state index is 0.0597. The Morgan fingerprint density at radius 2 is 2.03 bits per heavy atom. The Kier molecular flexibility index (Phi) is 6.09. The highest BCUT2D eigenvalue weighted by molar-refractivity contribution is 5.73. The first-order valence-electron chi connectivity index (χ1n) is 10.5. The number of anilines is 1. The van der Waals surface area contributed by atoms with Gasteiger partial charge in [0.2, 0.25) is 0 Å². The van der Waals surface area contributed by atoms with E-state index >= 15 is 0 Å². The summed E-state index contributed by atoms with van der Waals surface area (Å²) in [6.45, 7) is 2.22. The molecule has 30 heavy (non-hydrogen) atoms. The van der Waals surface area contributed by atoms with Crippen LogP contribution in [-0.4, -0.2) is 54.6 Å². The zero-order valence-corrected chi connectivity index (χ0v) is 16.7. The minimum Gasteiger partial charge on any atom is -0.492 e. The Labute approximate surface area is 173 Å². The van der Waals surface area contributed by atoms with Crippen LogP contribution in [0.2, 0.25) is 0 Å². The SMILES string of the molecule is O=C(O)C1CC1C1CN(c2cncc(OC[C@H]3CC[C@H](C(F)(F)F)CC3)c2)CCO1. The van der Waals surface area contributed by atoms with Crippen molar-refractivity contribution in [3.8, 4) is 5.75 Å². The average Bonchev–Trinajstić information content (AvgIpc) is 3.54. The summed E-state index contributed by atoms with van der Waals surface area (Å²) in [6.07, 6.45) is 1.20. The van der Waals surface area contributed by atoms with Crippen LogP contribution < -0.4 is 9.64 Å². The monoisotopic (exact) mass is 428 g/mol. The maximum absolute atomic E-state index is 12.8. The van der Waals surface area contributed by atoms with Gasteiger partial charge in [-0.15, -0.1) is 0 Å². The number of carboxylic acid groups (broad SMARTS) is 1. The Morgan fingerprint density at radius 1 is 1.27 bits per heavy atom. The number of nitrogens with zero attached hydrogens (tertiary/aromatic N) is 2. The number of ether oxygens (including phenoxy) is 2. The van der Waals surface area contributed by atoms with Gasteiger partial charge in [-0.1, -0.05) is 0 Å². The second kappa shape index (κ2) is 8.61. The van der Waals surface area contributed by atoms with Crippen LogP contribution >= 0.6 is 0 Å². The fraction of sp³-hybridized carbons (Fsp3) is 0.714. The topological polar surface area (TPSA) is 71.9 Å². The maximum atomic E-state index is 12.8. The molecule has 0 spiro atoms. The number of aliphatic carboxylic acids is 1. The van der Waals surface area contributed by atoms with Crippen LogP contribution in [0.4, 0.5) is 18.9 Å². The molecule has 4 rings (SSSR count). The van der Waals surface area contributed by atoms with E-state index in [0.29, 0.717) is 51.3 Å². The molecule has 2 heterocycles.